The summed E-state index contributed by atoms with van der Waals surface area (Å²) in [5, 5.41) is 5.18. The van der Waals surface area contributed by atoms with Crippen LogP contribution in [0.3, 0.4) is 0 Å². The Bertz CT molecular complexity index is 1680. The maximum atomic E-state index is 13.7. The van der Waals surface area contributed by atoms with Gasteiger partial charge in [0.15, 0.2) is 5.78 Å². The Kier molecular flexibility index (Phi) is 7.05. The lowest BCUT2D eigenvalue weighted by Crippen LogP contribution is -2.37. The fourth-order valence-corrected chi connectivity index (χ4v) is 4.79. The Morgan fingerprint density at radius 2 is 1.50 bits per heavy atom. The van der Waals surface area contributed by atoms with Crippen molar-refractivity contribution in [3.63, 3.8) is 0 Å². The lowest BCUT2D eigenvalue weighted by atomic mass is 10.0. The van der Waals surface area contributed by atoms with Crippen LogP contribution in [-0.2, 0) is 6.42 Å². The van der Waals surface area contributed by atoms with Crippen molar-refractivity contribution in [1.29, 1.82) is 0 Å². The zero-order chi connectivity index (χ0) is 26.6. The summed E-state index contributed by atoms with van der Waals surface area (Å²) in [4.78, 5) is 42.4. The van der Waals surface area contributed by atoms with Crippen molar-refractivity contribution in [3.8, 4) is 16.9 Å². The molecule has 0 atom stereocenters. The van der Waals surface area contributed by atoms with Gasteiger partial charge in [0.25, 0.3) is 11.5 Å². The maximum absolute atomic E-state index is 13.7. The molecular formula is C32H29N3O3. The van der Waals surface area contributed by atoms with Crippen LogP contribution in [0.15, 0.2) is 102 Å². The molecule has 38 heavy (non-hydrogen) atoms. The molecule has 190 valence electrons. The number of likely N-dealkylation sites (N-methyl/N-ethyl adjacent to an activating group) is 1. The smallest absolute Gasteiger partial charge is 0.282 e. The Hall–Kier alpha value is -4.71. The van der Waals surface area contributed by atoms with E-state index >= 15 is 0 Å². The van der Waals surface area contributed by atoms with E-state index in [4.69, 9.17) is 0 Å². The second-order valence-electron chi connectivity index (χ2n) is 9.16. The van der Waals surface area contributed by atoms with Gasteiger partial charge in [-0.3, -0.25) is 19.5 Å². The quantitative estimate of drug-likeness (QED) is 0.268. The van der Waals surface area contributed by atoms with Gasteiger partial charge in [-0.05, 0) is 47.9 Å². The average molecular weight is 504 g/mol. The third-order valence-electron chi connectivity index (χ3n) is 6.85. The number of carbonyl (C=O) groups excluding carboxylic acids is 2. The van der Waals surface area contributed by atoms with Gasteiger partial charge in [-0.1, -0.05) is 85.8 Å². The number of Topliss-reactive ketones (excluding diaryl/α,β-unsaturated/α-hetero) is 1. The van der Waals surface area contributed by atoms with E-state index in [0.717, 1.165) is 28.3 Å². The number of aromatic amines is 1. The highest BCUT2D eigenvalue weighted by atomic mass is 16.2. The van der Waals surface area contributed by atoms with Crippen molar-refractivity contribution >= 4 is 22.5 Å². The third kappa shape index (κ3) is 4.68. The van der Waals surface area contributed by atoms with Gasteiger partial charge in [-0.15, -0.1) is 0 Å². The van der Waals surface area contributed by atoms with E-state index < -0.39 is 11.3 Å². The fourth-order valence-electron chi connectivity index (χ4n) is 4.79. The van der Waals surface area contributed by atoms with Crippen molar-refractivity contribution in [2.75, 3.05) is 13.1 Å². The molecule has 0 aliphatic carbocycles. The first-order chi connectivity index (χ1) is 18.5. The summed E-state index contributed by atoms with van der Waals surface area (Å²) >= 11 is 0. The van der Waals surface area contributed by atoms with Crippen LogP contribution in [0.4, 0.5) is 0 Å². The number of hydrogen-bond acceptors (Lipinski definition) is 3. The number of aryl methyl sites for hydroxylation is 1. The number of hydrogen-bond donors (Lipinski definition) is 1. The standard InChI is InChI=1S/C32H29N3O3/c1-3-22-12-10-11-17-27(22)35-32(38)29(30(33-35)24-14-6-5-7-15-24)28(36)21-34(4-2)31(37)26-19-18-23-13-8-9-16-25(23)20-26/h5-20,33H,3-4,21H2,1-2H3. The van der Waals surface area contributed by atoms with E-state index in [1.807, 2.05) is 105 Å². The average Bonchev–Trinajstić information content (AvgIpc) is 3.32. The summed E-state index contributed by atoms with van der Waals surface area (Å²) in [7, 11) is 0. The number of para-hydroxylation sites is 1. The molecule has 5 aromatic rings. The van der Waals surface area contributed by atoms with Crippen molar-refractivity contribution < 1.29 is 9.59 Å². The van der Waals surface area contributed by atoms with Crippen LogP contribution < -0.4 is 5.56 Å². The topological polar surface area (TPSA) is 75.2 Å². The maximum Gasteiger partial charge on any atom is 0.282 e. The molecule has 6 nitrogen and oxygen atoms in total. The molecule has 4 aromatic carbocycles. The molecule has 1 heterocycles. The van der Waals surface area contributed by atoms with Crippen molar-refractivity contribution in [1.82, 2.24) is 14.7 Å². The molecule has 0 saturated carbocycles. The Morgan fingerprint density at radius 1 is 0.816 bits per heavy atom. The molecule has 0 unspecified atom stereocenters. The normalized spacial score (nSPS) is 11.0. The Morgan fingerprint density at radius 3 is 2.24 bits per heavy atom. The lowest BCUT2D eigenvalue weighted by Gasteiger charge is -2.20. The van der Waals surface area contributed by atoms with E-state index in [1.165, 1.54) is 9.58 Å². The number of rotatable bonds is 8. The number of aromatic nitrogens is 2. The molecule has 0 aliphatic rings. The number of amides is 1. The van der Waals surface area contributed by atoms with Crippen LogP contribution in [0, 0.1) is 0 Å². The Labute approximate surface area is 221 Å². The molecule has 0 bridgehead atoms. The lowest BCUT2D eigenvalue weighted by molar-refractivity contribution is 0.0718. The van der Waals surface area contributed by atoms with Crippen LogP contribution >= 0.6 is 0 Å². The van der Waals surface area contributed by atoms with Crippen LogP contribution in [0.25, 0.3) is 27.7 Å². The molecule has 0 radical (unpaired) electrons. The molecule has 1 N–H and O–H groups in total. The molecule has 6 heteroatoms. The molecule has 1 aromatic heterocycles. The minimum Gasteiger partial charge on any atom is -0.331 e. The predicted molar refractivity (Wildman–Crippen MR) is 151 cm³/mol. The number of fused-ring (bicyclic) bond motifs is 1. The minimum absolute atomic E-state index is 0.0480. The first-order valence-electron chi connectivity index (χ1n) is 12.8. The summed E-state index contributed by atoms with van der Waals surface area (Å²) in [6.07, 6.45) is 0.732. The molecule has 5 rings (SSSR count). The summed E-state index contributed by atoms with van der Waals surface area (Å²) < 4.78 is 1.44. The number of nitrogens with zero attached hydrogens (tertiary/aromatic N) is 2. The van der Waals surface area contributed by atoms with Crippen molar-refractivity contribution in [2.24, 2.45) is 0 Å². The summed E-state index contributed by atoms with van der Waals surface area (Å²) in [5.41, 5.74) is 2.98. The highest BCUT2D eigenvalue weighted by molar-refractivity contribution is 6.06. The second kappa shape index (κ2) is 10.7. The summed E-state index contributed by atoms with van der Waals surface area (Å²) in [6.45, 7) is 3.98. The second-order valence-corrected chi connectivity index (χ2v) is 9.16. The van der Waals surface area contributed by atoms with Gasteiger partial charge >= 0.3 is 0 Å². The number of ketones is 1. The fraction of sp³-hybridized carbons (Fsp3) is 0.156. The van der Waals surface area contributed by atoms with E-state index in [1.54, 1.807) is 6.07 Å². The molecule has 1 amide bonds. The van der Waals surface area contributed by atoms with Crippen LogP contribution in [0.1, 0.15) is 40.1 Å². The van der Waals surface area contributed by atoms with Gasteiger partial charge < -0.3 is 4.90 Å². The van der Waals surface area contributed by atoms with Gasteiger partial charge in [0.05, 0.1) is 17.9 Å². The van der Waals surface area contributed by atoms with Gasteiger partial charge in [0.2, 0.25) is 0 Å². The first-order valence-corrected chi connectivity index (χ1v) is 12.8. The van der Waals surface area contributed by atoms with Crippen molar-refractivity contribution in [3.05, 3.63) is 124 Å². The van der Waals surface area contributed by atoms with Crippen molar-refractivity contribution in [2.45, 2.75) is 20.3 Å². The molecular weight excluding hydrogens is 474 g/mol. The van der Waals surface area contributed by atoms with Gasteiger partial charge in [0.1, 0.15) is 5.56 Å². The SMILES string of the molecule is CCc1ccccc1-n1[nH]c(-c2ccccc2)c(C(=O)CN(CC)C(=O)c2ccc3ccccc3c2)c1=O. The summed E-state index contributed by atoms with van der Waals surface area (Å²) in [6, 6.07) is 30.3. The first kappa shape index (κ1) is 25.0. The van der Waals surface area contributed by atoms with Gasteiger partial charge in [0, 0.05) is 17.7 Å². The highest BCUT2D eigenvalue weighted by Crippen LogP contribution is 2.23. The molecule has 0 aliphatic heterocycles. The number of nitrogens with one attached hydrogen (secondary N) is 1. The largest absolute Gasteiger partial charge is 0.331 e. The highest BCUT2D eigenvalue weighted by Gasteiger charge is 2.26. The zero-order valence-electron chi connectivity index (χ0n) is 21.5. The van der Waals surface area contributed by atoms with Gasteiger partial charge in [-0.2, -0.15) is 0 Å². The van der Waals surface area contributed by atoms with E-state index in [2.05, 4.69) is 5.10 Å². The summed E-state index contributed by atoms with van der Waals surface area (Å²) in [5.74, 6) is -0.658. The zero-order valence-corrected chi connectivity index (χ0v) is 21.5. The van der Waals surface area contributed by atoms with Crippen LogP contribution in [0.5, 0.6) is 0 Å². The van der Waals surface area contributed by atoms with E-state index in [-0.39, 0.29) is 18.0 Å². The van der Waals surface area contributed by atoms with E-state index in [0.29, 0.717) is 23.5 Å². The monoisotopic (exact) mass is 503 g/mol. The minimum atomic E-state index is -0.427. The van der Waals surface area contributed by atoms with Crippen LogP contribution in [0.2, 0.25) is 0 Å². The number of benzene rings is 4. The molecule has 0 spiro atoms. The number of H-pyrrole nitrogens is 1. The van der Waals surface area contributed by atoms with Crippen LogP contribution in [-0.4, -0.2) is 39.5 Å². The van der Waals surface area contributed by atoms with E-state index in [9.17, 15) is 14.4 Å². The third-order valence-corrected chi connectivity index (χ3v) is 6.85. The van der Waals surface area contributed by atoms with Gasteiger partial charge in [-0.25, -0.2) is 4.68 Å². The number of carbonyl (C=O) groups is 2. The predicted octanol–water partition coefficient (Wildman–Crippen LogP) is 5.89. The Balaban J connectivity index is 1.54. The molecule has 0 fully saturated rings. The molecule has 0 saturated heterocycles.